The molecule has 6 nitrogen and oxygen atoms in total. The molecule has 3 rings (SSSR count). The molecule has 0 aliphatic carbocycles. The average Bonchev–Trinajstić information content (AvgIpc) is 2.58. The Morgan fingerprint density at radius 1 is 1.25 bits per heavy atom. The van der Waals surface area contributed by atoms with Crippen molar-refractivity contribution < 1.29 is 9.18 Å². The average molecular weight is 350 g/mol. The predicted octanol–water partition coefficient (Wildman–Crippen LogP) is 1.69. The largest absolute Gasteiger partial charge is 0.364 e. The van der Waals surface area contributed by atoms with Gasteiger partial charge in [0.05, 0.1) is 12.4 Å². The molecule has 126 valence electrons. The molecule has 1 aromatic heterocycles. The van der Waals surface area contributed by atoms with Gasteiger partial charge in [-0.15, -0.1) is 0 Å². The van der Waals surface area contributed by atoms with Gasteiger partial charge in [0.1, 0.15) is 17.3 Å². The van der Waals surface area contributed by atoms with Crippen molar-refractivity contribution in [1.82, 2.24) is 14.9 Å². The molecule has 0 radical (unpaired) electrons. The van der Waals surface area contributed by atoms with Gasteiger partial charge < -0.3 is 10.6 Å². The van der Waals surface area contributed by atoms with E-state index >= 15 is 0 Å². The monoisotopic (exact) mass is 349 g/mol. The molecule has 0 unspecified atom stereocenters. The highest BCUT2D eigenvalue weighted by molar-refractivity contribution is 6.31. The van der Waals surface area contributed by atoms with Crippen LogP contribution in [0.1, 0.15) is 16.1 Å². The smallest absolute Gasteiger partial charge is 0.268 e. The van der Waals surface area contributed by atoms with Gasteiger partial charge in [0.15, 0.2) is 0 Å². The highest BCUT2D eigenvalue weighted by atomic mass is 35.5. The number of anilines is 1. The number of primary amides is 1. The van der Waals surface area contributed by atoms with Crippen molar-refractivity contribution in [1.29, 1.82) is 0 Å². The lowest BCUT2D eigenvalue weighted by Crippen LogP contribution is -2.46. The number of hydrogen-bond donors (Lipinski definition) is 1. The summed E-state index contributed by atoms with van der Waals surface area (Å²) < 4.78 is 13.1. The molecule has 2 heterocycles. The summed E-state index contributed by atoms with van der Waals surface area (Å²) in [4.78, 5) is 23.7. The fourth-order valence-corrected chi connectivity index (χ4v) is 2.88. The normalized spacial score (nSPS) is 15.5. The van der Waals surface area contributed by atoms with Crippen molar-refractivity contribution in [2.24, 2.45) is 5.73 Å². The Morgan fingerprint density at radius 2 is 2.00 bits per heavy atom. The van der Waals surface area contributed by atoms with Gasteiger partial charge in [0, 0.05) is 37.7 Å². The second kappa shape index (κ2) is 7.11. The summed E-state index contributed by atoms with van der Waals surface area (Å²) in [5.41, 5.74) is 6.30. The molecule has 0 spiro atoms. The van der Waals surface area contributed by atoms with Crippen LogP contribution in [0.25, 0.3) is 0 Å². The molecule has 2 aromatic rings. The number of halogens is 2. The molecule has 0 bridgehead atoms. The number of aromatic nitrogens is 2. The second-order valence-corrected chi connectivity index (χ2v) is 6.03. The maximum absolute atomic E-state index is 13.1. The number of amides is 1. The molecule has 1 aromatic carbocycles. The van der Waals surface area contributed by atoms with Crippen molar-refractivity contribution in [2.75, 3.05) is 31.1 Å². The van der Waals surface area contributed by atoms with Gasteiger partial charge in [-0.3, -0.25) is 14.7 Å². The summed E-state index contributed by atoms with van der Waals surface area (Å²) in [6.45, 7) is 3.76. The number of carbonyl (C=O) groups is 1. The minimum atomic E-state index is -0.589. The van der Waals surface area contributed by atoms with Gasteiger partial charge in [-0.05, 0) is 17.7 Å². The minimum Gasteiger partial charge on any atom is -0.364 e. The summed E-state index contributed by atoms with van der Waals surface area (Å²) in [5, 5.41) is 0.442. The van der Waals surface area contributed by atoms with Crippen LogP contribution in [0.15, 0.2) is 30.6 Å². The van der Waals surface area contributed by atoms with Gasteiger partial charge in [-0.1, -0.05) is 17.7 Å². The second-order valence-electron chi connectivity index (χ2n) is 5.63. The Bertz CT molecular complexity index is 749. The van der Waals surface area contributed by atoms with Crippen molar-refractivity contribution in [3.63, 3.8) is 0 Å². The number of rotatable bonds is 4. The van der Waals surface area contributed by atoms with Crippen molar-refractivity contribution in [2.45, 2.75) is 6.54 Å². The first-order valence-corrected chi connectivity index (χ1v) is 7.94. The number of hydrogen-bond acceptors (Lipinski definition) is 5. The Kier molecular flexibility index (Phi) is 4.92. The molecule has 24 heavy (non-hydrogen) atoms. The number of nitrogens with two attached hydrogens (primary N) is 1. The van der Waals surface area contributed by atoms with Gasteiger partial charge >= 0.3 is 0 Å². The van der Waals surface area contributed by atoms with E-state index in [1.807, 2.05) is 0 Å². The van der Waals surface area contributed by atoms with E-state index in [1.165, 1.54) is 18.3 Å². The maximum Gasteiger partial charge on any atom is 0.268 e. The maximum atomic E-state index is 13.1. The van der Waals surface area contributed by atoms with Crippen LogP contribution in [-0.4, -0.2) is 47.0 Å². The van der Waals surface area contributed by atoms with E-state index in [9.17, 15) is 9.18 Å². The van der Waals surface area contributed by atoms with Crippen LogP contribution in [0.4, 0.5) is 10.2 Å². The Morgan fingerprint density at radius 3 is 2.67 bits per heavy atom. The van der Waals surface area contributed by atoms with Crippen molar-refractivity contribution in [3.05, 3.63) is 52.7 Å². The molecule has 1 aliphatic heterocycles. The lowest BCUT2D eigenvalue weighted by molar-refractivity contribution is 0.0995. The fraction of sp³-hybridized carbons (Fsp3) is 0.312. The third kappa shape index (κ3) is 3.80. The standard InChI is InChI=1S/C16H17ClFN5O/c17-13-7-12(18)2-1-11(13)10-22-3-5-23(6-4-22)15-9-20-8-14(21-15)16(19)24/h1-2,7-9H,3-6,10H2,(H2,19,24). The van der Waals surface area contributed by atoms with Crippen molar-refractivity contribution >= 4 is 23.3 Å². The van der Waals surface area contributed by atoms with Crippen LogP contribution in [-0.2, 0) is 6.54 Å². The first-order valence-electron chi connectivity index (χ1n) is 7.56. The van der Waals surface area contributed by atoms with E-state index in [0.29, 0.717) is 17.4 Å². The zero-order valence-corrected chi connectivity index (χ0v) is 13.7. The van der Waals surface area contributed by atoms with E-state index in [0.717, 1.165) is 31.7 Å². The molecule has 1 saturated heterocycles. The molecule has 0 atom stereocenters. The van der Waals surface area contributed by atoms with Crippen LogP contribution in [0, 0.1) is 5.82 Å². The molecular weight excluding hydrogens is 333 g/mol. The highest BCUT2D eigenvalue weighted by Crippen LogP contribution is 2.20. The number of piperazine rings is 1. The first kappa shape index (κ1) is 16.6. The Balaban J connectivity index is 1.61. The fourth-order valence-electron chi connectivity index (χ4n) is 2.65. The van der Waals surface area contributed by atoms with Crippen LogP contribution in [0.2, 0.25) is 5.02 Å². The van der Waals surface area contributed by atoms with Crippen LogP contribution in [0.5, 0.6) is 0 Å². The third-order valence-electron chi connectivity index (χ3n) is 3.98. The molecule has 2 N–H and O–H groups in total. The number of carbonyl (C=O) groups excluding carboxylic acids is 1. The highest BCUT2D eigenvalue weighted by Gasteiger charge is 2.20. The first-order chi connectivity index (χ1) is 11.5. The topological polar surface area (TPSA) is 75.4 Å². The van der Waals surface area contributed by atoms with E-state index < -0.39 is 5.91 Å². The summed E-state index contributed by atoms with van der Waals surface area (Å²) in [6.07, 6.45) is 2.98. The molecule has 8 heteroatoms. The van der Waals surface area contributed by atoms with E-state index in [1.54, 1.807) is 12.3 Å². The summed E-state index contributed by atoms with van der Waals surface area (Å²) in [6, 6.07) is 4.46. The SMILES string of the molecule is NC(=O)c1cncc(N2CCN(Cc3ccc(F)cc3Cl)CC2)n1. The van der Waals surface area contributed by atoms with Gasteiger partial charge in [0.2, 0.25) is 0 Å². The Labute approximate surface area is 144 Å². The van der Waals surface area contributed by atoms with E-state index in [2.05, 4.69) is 19.8 Å². The van der Waals surface area contributed by atoms with Gasteiger partial charge in [0.25, 0.3) is 5.91 Å². The number of benzene rings is 1. The summed E-state index contributed by atoms with van der Waals surface area (Å²) in [7, 11) is 0. The zero-order chi connectivity index (χ0) is 17.1. The van der Waals surface area contributed by atoms with Crippen LogP contribution >= 0.6 is 11.6 Å². The lowest BCUT2D eigenvalue weighted by atomic mass is 10.2. The minimum absolute atomic E-state index is 0.160. The predicted molar refractivity (Wildman–Crippen MR) is 89.4 cm³/mol. The van der Waals surface area contributed by atoms with Gasteiger partial charge in [-0.25, -0.2) is 9.37 Å². The van der Waals surface area contributed by atoms with Crippen molar-refractivity contribution in [3.8, 4) is 0 Å². The third-order valence-corrected chi connectivity index (χ3v) is 4.33. The van der Waals surface area contributed by atoms with E-state index in [-0.39, 0.29) is 11.5 Å². The van der Waals surface area contributed by atoms with Crippen LogP contribution < -0.4 is 10.6 Å². The molecule has 1 amide bonds. The lowest BCUT2D eigenvalue weighted by Gasteiger charge is -2.35. The molecule has 1 fully saturated rings. The van der Waals surface area contributed by atoms with Crippen LogP contribution in [0.3, 0.4) is 0 Å². The molecular formula is C16H17ClFN5O. The Hall–Kier alpha value is -2.25. The number of nitrogens with zero attached hydrogens (tertiary/aromatic N) is 4. The molecule has 1 aliphatic rings. The molecule has 0 saturated carbocycles. The zero-order valence-electron chi connectivity index (χ0n) is 13.0. The summed E-state index contributed by atoms with van der Waals surface area (Å²) in [5.74, 6) is -0.277. The van der Waals surface area contributed by atoms with Gasteiger partial charge in [-0.2, -0.15) is 0 Å². The summed E-state index contributed by atoms with van der Waals surface area (Å²) >= 11 is 6.08. The quantitative estimate of drug-likeness (QED) is 0.909. The van der Waals surface area contributed by atoms with E-state index in [4.69, 9.17) is 17.3 Å².